The van der Waals surface area contributed by atoms with Gasteiger partial charge in [-0.05, 0) is 63.2 Å². The molecule has 0 aromatic heterocycles. The van der Waals surface area contributed by atoms with Crippen LogP contribution in [-0.4, -0.2) is 0 Å². The van der Waals surface area contributed by atoms with Gasteiger partial charge in [0, 0.05) is 16.7 Å². The predicted molar refractivity (Wildman–Crippen MR) is 153 cm³/mol. The van der Waals surface area contributed by atoms with Crippen LogP contribution in [0.5, 0.6) is 0 Å². The predicted octanol–water partition coefficient (Wildman–Crippen LogP) is 7.27. The van der Waals surface area contributed by atoms with Crippen LogP contribution in [-0.2, 0) is 0 Å². The van der Waals surface area contributed by atoms with Crippen molar-refractivity contribution in [3.63, 3.8) is 0 Å². The van der Waals surface area contributed by atoms with Crippen LogP contribution >= 0.6 is 0 Å². The number of allylic oxidation sites excluding steroid dienone is 7. The van der Waals surface area contributed by atoms with E-state index in [1.165, 1.54) is 24.3 Å². The van der Waals surface area contributed by atoms with Crippen LogP contribution in [0.2, 0.25) is 0 Å². The second kappa shape index (κ2) is 10.8. The lowest BCUT2D eigenvalue weighted by molar-refractivity contribution is 0.627. The molecule has 0 saturated heterocycles. The van der Waals surface area contributed by atoms with Crippen LogP contribution in [0.1, 0.15) is 44.5 Å². The molecule has 0 unspecified atom stereocenters. The summed E-state index contributed by atoms with van der Waals surface area (Å²) in [4.78, 5) is 10.2. The van der Waals surface area contributed by atoms with Gasteiger partial charge in [0.2, 0.25) is 5.70 Å². The van der Waals surface area contributed by atoms with Crippen LogP contribution in [0, 0.1) is 88.0 Å². The van der Waals surface area contributed by atoms with Crippen molar-refractivity contribution in [2.24, 2.45) is 0 Å². The molecule has 8 nitrogen and oxygen atoms in total. The molecule has 0 N–H and O–H groups in total. The zero-order chi connectivity index (χ0) is 31.7. The van der Waals surface area contributed by atoms with E-state index in [2.05, 4.69) is 14.5 Å². The van der Waals surface area contributed by atoms with E-state index in [-0.39, 0.29) is 78.1 Å². The highest BCUT2D eigenvalue weighted by Gasteiger charge is 2.43. The Hall–Kier alpha value is -7.60. The normalized spacial score (nSPS) is 14.8. The standard InChI is InChI=1S/C34H8F2N8/c1-42-24(15-40)32-26(17-4-8-19(35)9-5-17)21(12-37)28-22(13-38)30-31(23(14-39)29(28)32)34(44-3)27(33(30)25(16-41)43-2)18-6-10-20(36)11-7-18/h4-11H/b32-24-,33-25+. The number of benzene rings is 3. The van der Waals surface area contributed by atoms with Gasteiger partial charge < -0.3 is 0 Å². The Kier molecular flexibility index (Phi) is 6.83. The summed E-state index contributed by atoms with van der Waals surface area (Å²) in [6.07, 6.45) is 0. The van der Waals surface area contributed by atoms with Gasteiger partial charge in [-0.25, -0.2) is 33.8 Å². The van der Waals surface area contributed by atoms with Gasteiger partial charge in [0.25, 0.3) is 11.4 Å². The maximum absolute atomic E-state index is 13.9. The third-order valence-corrected chi connectivity index (χ3v) is 7.10. The third-order valence-electron chi connectivity index (χ3n) is 7.10. The van der Waals surface area contributed by atoms with Crippen LogP contribution in [0.15, 0.2) is 59.9 Å². The third kappa shape index (κ3) is 3.81. The zero-order valence-corrected chi connectivity index (χ0v) is 22.0. The summed E-state index contributed by atoms with van der Waals surface area (Å²) in [7, 11) is 0. The summed E-state index contributed by atoms with van der Waals surface area (Å²) in [5.74, 6) is -1.21. The highest BCUT2D eigenvalue weighted by Crippen LogP contribution is 2.58. The van der Waals surface area contributed by atoms with Gasteiger partial charge >= 0.3 is 0 Å². The van der Waals surface area contributed by atoms with Crippen LogP contribution in [0.4, 0.5) is 8.78 Å². The van der Waals surface area contributed by atoms with Crippen molar-refractivity contribution in [3.8, 4) is 30.3 Å². The first-order chi connectivity index (χ1) is 21.3. The smallest absolute Gasteiger partial charge is 0.237 e. The molecule has 0 radical (unpaired) electrons. The summed E-state index contributed by atoms with van der Waals surface area (Å²) in [5.41, 5.74) is -2.52. The second-order valence-corrected chi connectivity index (χ2v) is 9.08. The van der Waals surface area contributed by atoms with E-state index in [4.69, 9.17) is 19.7 Å². The minimum atomic E-state index is -0.605. The average molecular weight is 566 g/mol. The fourth-order valence-electron chi connectivity index (χ4n) is 5.48. The fourth-order valence-corrected chi connectivity index (χ4v) is 5.48. The van der Waals surface area contributed by atoms with Crippen LogP contribution in [0.3, 0.4) is 0 Å². The summed E-state index contributed by atoms with van der Waals surface area (Å²) in [6, 6.07) is 19.2. The van der Waals surface area contributed by atoms with Crippen molar-refractivity contribution >= 4 is 33.6 Å². The number of hydrogen-bond acceptors (Lipinski definition) is 5. The molecule has 0 amide bonds. The Labute approximate surface area is 249 Å². The topological polar surface area (TPSA) is 132 Å². The lowest BCUT2D eigenvalue weighted by Crippen LogP contribution is -2.04. The Morgan fingerprint density at radius 1 is 0.568 bits per heavy atom. The summed E-state index contributed by atoms with van der Waals surface area (Å²) >= 11 is 0. The van der Waals surface area contributed by atoms with Crippen molar-refractivity contribution in [1.29, 1.82) is 26.3 Å². The molecular weight excluding hydrogens is 558 g/mol. The van der Waals surface area contributed by atoms with E-state index in [0.717, 1.165) is 24.3 Å². The van der Waals surface area contributed by atoms with Crippen molar-refractivity contribution in [2.75, 3.05) is 0 Å². The van der Waals surface area contributed by atoms with E-state index in [0.29, 0.717) is 0 Å². The average Bonchev–Trinajstić information content (AvgIpc) is 3.56. The maximum atomic E-state index is 13.9. The van der Waals surface area contributed by atoms with Gasteiger partial charge in [-0.3, -0.25) is 0 Å². The number of hydrogen-bond donors (Lipinski definition) is 0. The molecule has 44 heavy (non-hydrogen) atoms. The van der Waals surface area contributed by atoms with Gasteiger partial charge in [0.1, 0.15) is 23.8 Å². The molecule has 0 bridgehead atoms. The number of fused-ring (bicyclic) bond motifs is 2. The quantitative estimate of drug-likeness (QED) is 0.238. The molecule has 198 valence electrons. The largest absolute Gasteiger partial charge is 0.270 e. The Morgan fingerprint density at radius 2 is 1.00 bits per heavy atom. The first-order valence-corrected chi connectivity index (χ1v) is 12.2. The first kappa shape index (κ1) is 27.9. The van der Waals surface area contributed by atoms with Gasteiger partial charge in [-0.15, -0.1) is 0 Å². The van der Waals surface area contributed by atoms with E-state index >= 15 is 0 Å². The van der Waals surface area contributed by atoms with Gasteiger partial charge in [-0.2, -0.15) is 15.8 Å². The molecule has 0 fully saturated rings. The van der Waals surface area contributed by atoms with E-state index in [1.54, 1.807) is 12.1 Å². The molecule has 0 heterocycles. The summed E-state index contributed by atoms with van der Waals surface area (Å²) in [6.45, 7) is 23.5. The molecule has 0 saturated carbocycles. The van der Waals surface area contributed by atoms with Crippen molar-refractivity contribution in [2.45, 2.75) is 0 Å². The maximum Gasteiger partial charge on any atom is 0.270 e. The van der Waals surface area contributed by atoms with Crippen LogP contribution < -0.4 is 0 Å². The number of rotatable bonds is 2. The zero-order valence-electron chi connectivity index (χ0n) is 22.0. The molecule has 0 spiro atoms. The molecule has 5 rings (SSSR count). The summed E-state index contributed by atoms with van der Waals surface area (Å²) in [5, 5.41) is 51.5. The van der Waals surface area contributed by atoms with Crippen molar-refractivity contribution in [1.82, 2.24) is 0 Å². The second-order valence-electron chi connectivity index (χ2n) is 9.08. The van der Waals surface area contributed by atoms with E-state index in [1.807, 2.05) is 18.2 Å². The van der Waals surface area contributed by atoms with E-state index < -0.39 is 23.0 Å². The van der Waals surface area contributed by atoms with Gasteiger partial charge in [0.05, 0.1) is 54.6 Å². The van der Waals surface area contributed by atoms with Gasteiger partial charge in [0.15, 0.2) is 0 Å². The van der Waals surface area contributed by atoms with E-state index in [9.17, 15) is 35.1 Å². The molecule has 2 aliphatic carbocycles. The Balaban J connectivity index is 2.11. The molecular formula is C34H8F2N8. The monoisotopic (exact) mass is 566 g/mol. The Bertz CT molecular complexity index is 2150. The molecule has 0 atom stereocenters. The van der Waals surface area contributed by atoms with Crippen molar-refractivity contribution in [3.05, 3.63) is 150 Å². The highest BCUT2D eigenvalue weighted by atomic mass is 19.1. The first-order valence-electron chi connectivity index (χ1n) is 12.2. The molecule has 3 aromatic carbocycles. The molecule has 10 heteroatoms. The van der Waals surface area contributed by atoms with Crippen molar-refractivity contribution < 1.29 is 8.78 Å². The number of nitriles is 5. The fraction of sp³-hybridized carbons (Fsp3) is 0. The number of nitrogens with zero attached hydrogens (tertiary/aromatic N) is 8. The number of halogens is 2. The lowest BCUT2D eigenvalue weighted by atomic mass is 9.84. The molecule has 3 aromatic rings. The highest BCUT2D eigenvalue weighted by molar-refractivity contribution is 6.31. The molecule has 2 aliphatic rings. The minimum absolute atomic E-state index is 0.00307. The minimum Gasteiger partial charge on any atom is -0.237 e. The van der Waals surface area contributed by atoms with Crippen LogP contribution in [0.25, 0.3) is 48.1 Å². The summed E-state index contributed by atoms with van der Waals surface area (Å²) < 4.78 is 27.8. The van der Waals surface area contributed by atoms with Gasteiger partial charge in [-0.1, -0.05) is 24.3 Å². The lowest BCUT2D eigenvalue weighted by Gasteiger charge is -2.16. The molecule has 0 aliphatic heterocycles. The Morgan fingerprint density at radius 3 is 1.41 bits per heavy atom. The SMILES string of the molecule is [C-]#[N+]C1=C(c2ccc(F)cc2)/C(=C(/C#N)[N+]#[C-])c2c(C#N)c3c(c(C#N)c21)/C(=C(/C#N)[N+]#[C-])C(c1ccc(F)cc1)=C3C#N.